The molecule has 7 nitrogen and oxygen atoms in total. The van der Waals surface area contributed by atoms with Gasteiger partial charge in [0.2, 0.25) is 17.6 Å². The third kappa shape index (κ3) is 4.01. The van der Waals surface area contributed by atoms with Crippen molar-refractivity contribution in [2.24, 2.45) is 0 Å². The number of carbonyl (C=O) groups excluding carboxylic acids is 1. The molecule has 0 saturated carbocycles. The zero-order valence-corrected chi connectivity index (χ0v) is 13.2. The van der Waals surface area contributed by atoms with Crippen molar-refractivity contribution in [3.8, 4) is 11.5 Å². The Morgan fingerprint density at radius 1 is 1.25 bits per heavy atom. The molecule has 1 atom stereocenters. The van der Waals surface area contributed by atoms with Crippen molar-refractivity contribution in [2.75, 3.05) is 0 Å². The summed E-state index contributed by atoms with van der Waals surface area (Å²) in [6.45, 7) is 1.80. The van der Waals surface area contributed by atoms with Gasteiger partial charge in [-0.1, -0.05) is 17.3 Å². The van der Waals surface area contributed by atoms with Gasteiger partial charge in [-0.3, -0.25) is 14.8 Å². The van der Waals surface area contributed by atoms with Gasteiger partial charge in [0.1, 0.15) is 11.7 Å². The summed E-state index contributed by atoms with van der Waals surface area (Å²) in [4.78, 5) is 24.5. The van der Waals surface area contributed by atoms with Crippen molar-refractivity contribution in [2.45, 2.75) is 25.8 Å². The van der Waals surface area contributed by atoms with Crippen molar-refractivity contribution in [1.29, 1.82) is 0 Å². The summed E-state index contributed by atoms with van der Waals surface area (Å²) in [5, 5.41) is 6.76. The first-order valence-electron chi connectivity index (χ1n) is 7.65. The molecule has 122 valence electrons. The predicted octanol–water partition coefficient (Wildman–Crippen LogP) is 2.34. The van der Waals surface area contributed by atoms with Gasteiger partial charge in [0, 0.05) is 25.0 Å². The van der Waals surface area contributed by atoms with Gasteiger partial charge in [0.05, 0.1) is 0 Å². The summed E-state index contributed by atoms with van der Waals surface area (Å²) < 4.78 is 5.22. The highest BCUT2D eigenvalue weighted by molar-refractivity contribution is 5.76. The molecule has 3 aromatic heterocycles. The number of nitrogens with one attached hydrogen (secondary N) is 1. The molecule has 3 aromatic rings. The summed E-state index contributed by atoms with van der Waals surface area (Å²) in [6.07, 6.45) is 6.13. The van der Waals surface area contributed by atoms with Gasteiger partial charge >= 0.3 is 0 Å². The maximum Gasteiger partial charge on any atom is 0.249 e. The number of rotatable bonds is 6. The number of amides is 1. The highest BCUT2D eigenvalue weighted by Gasteiger charge is 2.17. The lowest BCUT2D eigenvalue weighted by molar-refractivity contribution is -0.121. The lowest BCUT2D eigenvalue weighted by Gasteiger charge is -2.09. The lowest BCUT2D eigenvalue weighted by atomic mass is 10.1. The Morgan fingerprint density at radius 2 is 2.17 bits per heavy atom. The van der Waals surface area contributed by atoms with Gasteiger partial charge in [-0.25, -0.2) is 0 Å². The van der Waals surface area contributed by atoms with Crippen LogP contribution in [0.2, 0.25) is 0 Å². The lowest BCUT2D eigenvalue weighted by Crippen LogP contribution is -2.27. The maximum absolute atomic E-state index is 12.0. The Hall–Kier alpha value is -3.09. The SMILES string of the molecule is C[C@H](NC(=O)CCc1cccnc1)c1nc(-c2ccccn2)no1. The molecular weight excluding hydrogens is 306 g/mol. The number of hydrogen-bond acceptors (Lipinski definition) is 6. The van der Waals surface area contributed by atoms with Gasteiger partial charge in [0.25, 0.3) is 0 Å². The fourth-order valence-electron chi connectivity index (χ4n) is 2.19. The minimum absolute atomic E-state index is 0.0797. The average Bonchev–Trinajstić information content (AvgIpc) is 3.12. The van der Waals surface area contributed by atoms with Crippen molar-refractivity contribution in [1.82, 2.24) is 25.4 Å². The van der Waals surface area contributed by atoms with Crippen LogP contribution in [0.5, 0.6) is 0 Å². The Balaban J connectivity index is 1.56. The molecule has 1 amide bonds. The summed E-state index contributed by atoms with van der Waals surface area (Å²) in [7, 11) is 0. The van der Waals surface area contributed by atoms with E-state index in [0.717, 1.165) is 5.56 Å². The van der Waals surface area contributed by atoms with Crippen molar-refractivity contribution in [3.63, 3.8) is 0 Å². The molecule has 3 heterocycles. The molecule has 0 radical (unpaired) electrons. The fourth-order valence-corrected chi connectivity index (χ4v) is 2.19. The molecule has 0 aliphatic rings. The minimum atomic E-state index is -0.364. The van der Waals surface area contributed by atoms with Crippen LogP contribution in [0.25, 0.3) is 11.5 Å². The first-order chi connectivity index (χ1) is 11.7. The monoisotopic (exact) mass is 323 g/mol. The number of carbonyl (C=O) groups is 1. The van der Waals surface area contributed by atoms with E-state index in [-0.39, 0.29) is 11.9 Å². The Morgan fingerprint density at radius 3 is 2.92 bits per heavy atom. The van der Waals surface area contributed by atoms with E-state index >= 15 is 0 Å². The first kappa shape index (κ1) is 15.8. The van der Waals surface area contributed by atoms with E-state index in [2.05, 4.69) is 25.4 Å². The van der Waals surface area contributed by atoms with Gasteiger partial charge in [-0.2, -0.15) is 4.98 Å². The van der Waals surface area contributed by atoms with Crippen LogP contribution in [0, 0.1) is 0 Å². The molecule has 1 N–H and O–H groups in total. The Labute approximate surface area is 139 Å². The number of pyridine rings is 2. The smallest absolute Gasteiger partial charge is 0.249 e. The molecule has 0 fully saturated rings. The molecule has 0 bridgehead atoms. The fraction of sp³-hybridized carbons (Fsp3) is 0.235. The van der Waals surface area contributed by atoms with Crippen LogP contribution in [0.15, 0.2) is 53.4 Å². The van der Waals surface area contributed by atoms with E-state index in [4.69, 9.17) is 4.52 Å². The quantitative estimate of drug-likeness (QED) is 0.748. The van der Waals surface area contributed by atoms with E-state index in [1.807, 2.05) is 24.3 Å². The van der Waals surface area contributed by atoms with Crippen LogP contribution in [0.1, 0.15) is 30.8 Å². The first-order valence-corrected chi connectivity index (χ1v) is 7.65. The van der Waals surface area contributed by atoms with E-state index in [9.17, 15) is 4.79 Å². The molecule has 0 aromatic carbocycles. The van der Waals surface area contributed by atoms with Crippen LogP contribution in [0.3, 0.4) is 0 Å². The molecule has 7 heteroatoms. The predicted molar refractivity (Wildman–Crippen MR) is 86.6 cm³/mol. The second-order valence-corrected chi connectivity index (χ2v) is 5.32. The summed E-state index contributed by atoms with van der Waals surface area (Å²) >= 11 is 0. The van der Waals surface area contributed by atoms with Crippen LogP contribution in [0.4, 0.5) is 0 Å². The zero-order chi connectivity index (χ0) is 16.8. The van der Waals surface area contributed by atoms with Gasteiger partial charge < -0.3 is 9.84 Å². The van der Waals surface area contributed by atoms with Gasteiger partial charge in [-0.15, -0.1) is 0 Å². The Bertz CT molecular complexity index is 789. The third-order valence-electron chi connectivity index (χ3n) is 3.45. The van der Waals surface area contributed by atoms with E-state index in [1.165, 1.54) is 0 Å². The highest BCUT2D eigenvalue weighted by Crippen LogP contribution is 2.16. The largest absolute Gasteiger partial charge is 0.345 e. The van der Waals surface area contributed by atoms with Crippen LogP contribution < -0.4 is 5.32 Å². The van der Waals surface area contributed by atoms with E-state index < -0.39 is 0 Å². The number of aromatic nitrogens is 4. The number of hydrogen-bond donors (Lipinski definition) is 1. The highest BCUT2D eigenvalue weighted by atomic mass is 16.5. The third-order valence-corrected chi connectivity index (χ3v) is 3.45. The average molecular weight is 323 g/mol. The minimum Gasteiger partial charge on any atom is -0.345 e. The normalized spacial score (nSPS) is 11.9. The van der Waals surface area contributed by atoms with Crippen LogP contribution in [-0.4, -0.2) is 26.0 Å². The topological polar surface area (TPSA) is 93.8 Å². The second kappa shape index (κ2) is 7.45. The van der Waals surface area contributed by atoms with Crippen molar-refractivity contribution < 1.29 is 9.32 Å². The maximum atomic E-state index is 12.0. The van der Waals surface area contributed by atoms with E-state index in [0.29, 0.717) is 30.3 Å². The molecule has 0 unspecified atom stereocenters. The number of nitrogens with zero attached hydrogens (tertiary/aromatic N) is 4. The van der Waals surface area contributed by atoms with Gasteiger partial charge in [-0.05, 0) is 37.1 Å². The van der Waals surface area contributed by atoms with Crippen LogP contribution in [-0.2, 0) is 11.2 Å². The van der Waals surface area contributed by atoms with Gasteiger partial charge in [0.15, 0.2) is 0 Å². The molecule has 24 heavy (non-hydrogen) atoms. The summed E-state index contributed by atoms with van der Waals surface area (Å²) in [5.74, 6) is 0.677. The van der Waals surface area contributed by atoms with E-state index in [1.54, 1.807) is 31.6 Å². The van der Waals surface area contributed by atoms with Crippen molar-refractivity contribution in [3.05, 3.63) is 60.4 Å². The summed E-state index contributed by atoms with van der Waals surface area (Å²) in [6, 6.07) is 8.90. The standard InChI is InChI=1S/C17H17N5O2/c1-12(20-15(23)8-7-13-5-4-9-18-11-13)17-21-16(22-24-17)14-6-2-3-10-19-14/h2-6,9-12H,7-8H2,1H3,(H,20,23)/t12-/m0/s1. The molecular formula is C17H17N5O2. The molecule has 0 spiro atoms. The Kier molecular flexibility index (Phi) is 4.90. The molecule has 0 aliphatic carbocycles. The van der Waals surface area contributed by atoms with Crippen LogP contribution >= 0.6 is 0 Å². The second-order valence-electron chi connectivity index (χ2n) is 5.32. The zero-order valence-electron chi connectivity index (χ0n) is 13.2. The number of aryl methyl sites for hydroxylation is 1. The summed E-state index contributed by atoms with van der Waals surface area (Å²) in [5.41, 5.74) is 1.65. The molecule has 0 saturated heterocycles. The molecule has 0 aliphatic heterocycles. The molecule has 3 rings (SSSR count). The van der Waals surface area contributed by atoms with Crippen molar-refractivity contribution >= 4 is 5.91 Å².